The van der Waals surface area contributed by atoms with Gasteiger partial charge in [-0.3, -0.25) is 0 Å². The lowest BCUT2D eigenvalue weighted by atomic mass is 9.95. The van der Waals surface area contributed by atoms with Gasteiger partial charge in [-0.05, 0) is 36.6 Å². The van der Waals surface area contributed by atoms with Gasteiger partial charge in [-0.15, -0.1) is 0 Å². The lowest BCUT2D eigenvalue weighted by Gasteiger charge is -2.26. The van der Waals surface area contributed by atoms with Crippen molar-refractivity contribution in [2.24, 2.45) is 0 Å². The molecule has 0 fully saturated rings. The molecular formula is C18H18O2. The Balaban J connectivity index is 2.11. The minimum absolute atomic E-state index is 0.0215. The summed E-state index contributed by atoms with van der Waals surface area (Å²) in [7, 11) is 0. The van der Waals surface area contributed by atoms with Crippen molar-refractivity contribution in [3.05, 3.63) is 70.8 Å². The topological polar surface area (TPSA) is 29.5 Å². The maximum absolute atomic E-state index is 9.91. The van der Waals surface area contributed by atoms with Gasteiger partial charge in [0.25, 0.3) is 0 Å². The van der Waals surface area contributed by atoms with Crippen LogP contribution in [-0.2, 0) is 4.74 Å². The number of ether oxygens (including phenoxy) is 1. The fourth-order valence-electron chi connectivity index (χ4n) is 2.67. The van der Waals surface area contributed by atoms with Gasteiger partial charge in [-0.25, -0.2) is 0 Å². The SMILES string of the molecule is C[C@@H]1OC(c2ccccc2[C@@H](C)O)=Cc2ccccc21. The Morgan fingerprint density at radius 2 is 1.75 bits per heavy atom. The lowest BCUT2D eigenvalue weighted by Crippen LogP contribution is -2.09. The highest BCUT2D eigenvalue weighted by atomic mass is 16.5. The molecule has 1 aliphatic heterocycles. The van der Waals surface area contributed by atoms with E-state index in [4.69, 9.17) is 4.74 Å². The summed E-state index contributed by atoms with van der Waals surface area (Å²) in [4.78, 5) is 0. The molecule has 0 spiro atoms. The molecular weight excluding hydrogens is 248 g/mol. The highest BCUT2D eigenvalue weighted by Crippen LogP contribution is 2.37. The molecule has 2 nitrogen and oxygen atoms in total. The second-order valence-corrected chi connectivity index (χ2v) is 5.16. The number of hydrogen-bond acceptors (Lipinski definition) is 2. The van der Waals surface area contributed by atoms with E-state index in [9.17, 15) is 5.11 Å². The maximum atomic E-state index is 9.91. The summed E-state index contributed by atoms with van der Waals surface area (Å²) in [6.07, 6.45) is 1.56. The van der Waals surface area contributed by atoms with Crippen molar-refractivity contribution in [2.75, 3.05) is 0 Å². The van der Waals surface area contributed by atoms with E-state index in [1.807, 2.05) is 36.4 Å². The van der Waals surface area contributed by atoms with Crippen LogP contribution in [0.25, 0.3) is 11.8 Å². The van der Waals surface area contributed by atoms with Gasteiger partial charge >= 0.3 is 0 Å². The predicted molar refractivity (Wildman–Crippen MR) is 80.9 cm³/mol. The van der Waals surface area contributed by atoms with E-state index in [-0.39, 0.29) is 6.10 Å². The summed E-state index contributed by atoms with van der Waals surface area (Å²) in [5, 5.41) is 9.91. The molecule has 3 rings (SSSR count). The molecule has 0 saturated heterocycles. The molecule has 0 unspecified atom stereocenters. The Kier molecular flexibility index (Phi) is 3.33. The van der Waals surface area contributed by atoms with Crippen LogP contribution in [0.1, 0.15) is 48.3 Å². The Hall–Kier alpha value is -2.06. The molecule has 0 aliphatic carbocycles. The third-order valence-electron chi connectivity index (χ3n) is 3.70. The average molecular weight is 266 g/mol. The van der Waals surface area contributed by atoms with Crippen molar-refractivity contribution in [3.63, 3.8) is 0 Å². The van der Waals surface area contributed by atoms with Crippen molar-refractivity contribution < 1.29 is 9.84 Å². The van der Waals surface area contributed by atoms with Crippen molar-refractivity contribution in [3.8, 4) is 0 Å². The quantitative estimate of drug-likeness (QED) is 0.876. The van der Waals surface area contributed by atoms with Crippen LogP contribution in [-0.4, -0.2) is 5.11 Å². The fraction of sp³-hybridized carbons (Fsp3) is 0.222. The molecule has 0 radical (unpaired) electrons. The van der Waals surface area contributed by atoms with Gasteiger partial charge in [-0.2, -0.15) is 0 Å². The highest BCUT2D eigenvalue weighted by Gasteiger charge is 2.21. The zero-order chi connectivity index (χ0) is 14.1. The smallest absolute Gasteiger partial charge is 0.128 e. The number of benzene rings is 2. The normalized spacial score (nSPS) is 18.8. The van der Waals surface area contributed by atoms with Gasteiger partial charge in [0, 0.05) is 5.56 Å². The summed E-state index contributed by atoms with van der Waals surface area (Å²) in [6, 6.07) is 16.1. The van der Waals surface area contributed by atoms with Gasteiger partial charge in [-0.1, -0.05) is 48.5 Å². The largest absolute Gasteiger partial charge is 0.485 e. The molecule has 2 aromatic carbocycles. The Morgan fingerprint density at radius 1 is 1.05 bits per heavy atom. The molecule has 0 amide bonds. The maximum Gasteiger partial charge on any atom is 0.128 e. The van der Waals surface area contributed by atoms with Crippen molar-refractivity contribution >= 4 is 11.8 Å². The van der Waals surface area contributed by atoms with Gasteiger partial charge < -0.3 is 9.84 Å². The third-order valence-corrected chi connectivity index (χ3v) is 3.70. The zero-order valence-corrected chi connectivity index (χ0v) is 11.7. The minimum Gasteiger partial charge on any atom is -0.485 e. The second kappa shape index (κ2) is 5.14. The Morgan fingerprint density at radius 3 is 2.55 bits per heavy atom. The molecule has 0 saturated carbocycles. The Bertz CT molecular complexity index is 656. The van der Waals surface area contributed by atoms with Crippen LogP contribution in [0.2, 0.25) is 0 Å². The van der Waals surface area contributed by atoms with Gasteiger partial charge in [0.1, 0.15) is 11.9 Å². The number of rotatable bonds is 2. The van der Waals surface area contributed by atoms with Crippen molar-refractivity contribution in [1.29, 1.82) is 0 Å². The Labute approximate surface area is 119 Å². The first-order valence-corrected chi connectivity index (χ1v) is 6.91. The number of aliphatic hydroxyl groups excluding tert-OH is 1. The standard InChI is InChI=1S/C18H18O2/c1-12(19)15-8-5-6-10-17(15)18-11-14-7-3-4-9-16(14)13(2)20-18/h3-13,19H,1-2H3/t12-,13+/m1/s1. The minimum atomic E-state index is -0.511. The third kappa shape index (κ3) is 2.23. The summed E-state index contributed by atoms with van der Waals surface area (Å²) in [6.45, 7) is 3.83. The van der Waals surface area contributed by atoms with Crippen molar-refractivity contribution in [2.45, 2.75) is 26.1 Å². The summed E-state index contributed by atoms with van der Waals surface area (Å²) in [5.41, 5.74) is 4.24. The molecule has 20 heavy (non-hydrogen) atoms. The first kappa shape index (κ1) is 12.9. The van der Waals surface area contributed by atoms with Crippen LogP contribution < -0.4 is 0 Å². The molecule has 2 aromatic rings. The summed E-state index contributed by atoms with van der Waals surface area (Å²) >= 11 is 0. The second-order valence-electron chi connectivity index (χ2n) is 5.16. The van der Waals surface area contributed by atoms with E-state index in [1.165, 1.54) is 11.1 Å². The van der Waals surface area contributed by atoms with E-state index in [2.05, 4.69) is 25.1 Å². The van der Waals surface area contributed by atoms with Crippen LogP contribution >= 0.6 is 0 Å². The van der Waals surface area contributed by atoms with Gasteiger partial charge in [0.05, 0.1) is 6.10 Å². The number of hydrogen-bond donors (Lipinski definition) is 1. The van der Waals surface area contributed by atoms with Crippen LogP contribution in [0.15, 0.2) is 48.5 Å². The van der Waals surface area contributed by atoms with E-state index >= 15 is 0 Å². The van der Waals surface area contributed by atoms with Crippen LogP contribution in [0.4, 0.5) is 0 Å². The number of aliphatic hydroxyl groups is 1. The van der Waals surface area contributed by atoms with E-state index in [0.717, 1.165) is 16.9 Å². The molecule has 1 aliphatic rings. The highest BCUT2D eigenvalue weighted by molar-refractivity contribution is 5.81. The van der Waals surface area contributed by atoms with Gasteiger partial charge in [0.15, 0.2) is 0 Å². The van der Waals surface area contributed by atoms with E-state index in [0.29, 0.717) is 0 Å². The molecule has 1 N–H and O–H groups in total. The molecule has 2 heteroatoms. The molecule has 1 heterocycles. The van der Waals surface area contributed by atoms with Crippen LogP contribution in [0.3, 0.4) is 0 Å². The van der Waals surface area contributed by atoms with Crippen molar-refractivity contribution in [1.82, 2.24) is 0 Å². The van der Waals surface area contributed by atoms with Gasteiger partial charge in [0.2, 0.25) is 0 Å². The van der Waals surface area contributed by atoms with Crippen LogP contribution in [0.5, 0.6) is 0 Å². The lowest BCUT2D eigenvalue weighted by molar-refractivity contribution is 0.180. The summed E-state index contributed by atoms with van der Waals surface area (Å²) in [5.74, 6) is 0.827. The molecule has 0 aromatic heterocycles. The fourth-order valence-corrected chi connectivity index (χ4v) is 2.67. The average Bonchev–Trinajstić information content (AvgIpc) is 2.47. The van der Waals surface area contributed by atoms with Crippen LogP contribution in [0, 0.1) is 0 Å². The molecule has 0 bridgehead atoms. The zero-order valence-electron chi connectivity index (χ0n) is 11.7. The monoisotopic (exact) mass is 266 g/mol. The molecule has 2 atom stereocenters. The predicted octanol–water partition coefficient (Wildman–Crippen LogP) is 4.33. The number of fused-ring (bicyclic) bond motifs is 1. The van der Waals surface area contributed by atoms with E-state index in [1.54, 1.807) is 6.92 Å². The first-order chi connectivity index (χ1) is 9.66. The first-order valence-electron chi connectivity index (χ1n) is 6.91. The van der Waals surface area contributed by atoms with E-state index < -0.39 is 6.10 Å². The summed E-state index contributed by atoms with van der Waals surface area (Å²) < 4.78 is 6.04. The molecule has 102 valence electrons.